The van der Waals surface area contributed by atoms with Crippen molar-refractivity contribution in [2.45, 2.75) is 39.9 Å². The Morgan fingerprint density at radius 3 is 2.83 bits per heavy atom. The fraction of sp³-hybridized carbons (Fsp3) is 0.400. The molecular formula is C15H21N3. The molecule has 1 heterocycles. The molecule has 0 saturated carbocycles. The van der Waals surface area contributed by atoms with Gasteiger partial charge in [0.1, 0.15) is 0 Å². The highest BCUT2D eigenvalue weighted by atomic mass is 15.3. The Balaban J connectivity index is 1.98. The van der Waals surface area contributed by atoms with Gasteiger partial charge in [-0.1, -0.05) is 43.7 Å². The summed E-state index contributed by atoms with van der Waals surface area (Å²) < 4.78 is 1.99. The number of hydrogen-bond acceptors (Lipinski definition) is 2. The molecule has 2 aromatic rings. The first-order valence-electron chi connectivity index (χ1n) is 6.44. The molecule has 96 valence electrons. The number of nitrogens with one attached hydrogen (secondary N) is 1. The van der Waals surface area contributed by atoms with E-state index in [4.69, 9.17) is 0 Å². The topological polar surface area (TPSA) is 29.9 Å². The Morgan fingerprint density at radius 2 is 2.11 bits per heavy atom. The van der Waals surface area contributed by atoms with Gasteiger partial charge in [-0.15, -0.1) is 0 Å². The van der Waals surface area contributed by atoms with E-state index in [0.29, 0.717) is 6.04 Å². The minimum absolute atomic E-state index is 0.505. The standard InChI is InChI=1S/C15H21N3/c1-12(2)16-8-15-9-17-18(11-15)10-14-6-4-5-13(3)7-14/h4-7,9,11-12,16H,8,10H2,1-3H3. The van der Waals surface area contributed by atoms with Crippen LogP contribution in [0.15, 0.2) is 36.7 Å². The molecule has 0 radical (unpaired) electrons. The number of benzene rings is 1. The van der Waals surface area contributed by atoms with E-state index < -0.39 is 0 Å². The van der Waals surface area contributed by atoms with Crippen molar-refractivity contribution in [3.8, 4) is 0 Å². The maximum absolute atomic E-state index is 4.40. The smallest absolute Gasteiger partial charge is 0.0659 e. The van der Waals surface area contributed by atoms with E-state index in [1.807, 2.05) is 10.9 Å². The van der Waals surface area contributed by atoms with E-state index >= 15 is 0 Å². The molecule has 0 aliphatic rings. The van der Waals surface area contributed by atoms with Crippen molar-refractivity contribution in [3.63, 3.8) is 0 Å². The zero-order valence-electron chi connectivity index (χ0n) is 11.4. The fourth-order valence-electron chi connectivity index (χ4n) is 1.90. The Labute approximate surface area is 109 Å². The van der Waals surface area contributed by atoms with Crippen LogP contribution in [0.25, 0.3) is 0 Å². The van der Waals surface area contributed by atoms with Gasteiger partial charge < -0.3 is 5.32 Å². The monoisotopic (exact) mass is 243 g/mol. The van der Waals surface area contributed by atoms with Gasteiger partial charge in [0, 0.05) is 24.3 Å². The minimum atomic E-state index is 0.505. The molecule has 0 aliphatic heterocycles. The van der Waals surface area contributed by atoms with Crippen LogP contribution in [0.5, 0.6) is 0 Å². The maximum atomic E-state index is 4.40. The maximum Gasteiger partial charge on any atom is 0.0659 e. The highest BCUT2D eigenvalue weighted by molar-refractivity contribution is 5.22. The van der Waals surface area contributed by atoms with Crippen LogP contribution in [0, 0.1) is 6.92 Å². The summed E-state index contributed by atoms with van der Waals surface area (Å²) in [6, 6.07) is 9.05. The fourth-order valence-corrected chi connectivity index (χ4v) is 1.90. The molecule has 0 fully saturated rings. The molecule has 1 N–H and O–H groups in total. The Kier molecular flexibility index (Phi) is 4.15. The summed E-state index contributed by atoms with van der Waals surface area (Å²) in [6.07, 6.45) is 4.04. The SMILES string of the molecule is Cc1cccc(Cn2cc(CNC(C)C)cn2)c1. The normalized spacial score (nSPS) is 11.1. The van der Waals surface area contributed by atoms with Gasteiger partial charge in [0.25, 0.3) is 0 Å². The van der Waals surface area contributed by atoms with Gasteiger partial charge in [-0.05, 0) is 12.5 Å². The molecule has 0 unspecified atom stereocenters. The summed E-state index contributed by atoms with van der Waals surface area (Å²) in [5, 5.41) is 7.79. The molecule has 2 rings (SSSR count). The van der Waals surface area contributed by atoms with Crippen molar-refractivity contribution in [2.24, 2.45) is 0 Å². The third-order valence-electron chi connectivity index (χ3n) is 2.83. The summed E-state index contributed by atoms with van der Waals surface area (Å²) in [4.78, 5) is 0. The molecule has 0 saturated heterocycles. The molecule has 3 heteroatoms. The lowest BCUT2D eigenvalue weighted by molar-refractivity contribution is 0.588. The molecule has 18 heavy (non-hydrogen) atoms. The molecule has 0 aliphatic carbocycles. The Hall–Kier alpha value is -1.61. The Morgan fingerprint density at radius 1 is 1.28 bits per heavy atom. The number of nitrogens with zero attached hydrogens (tertiary/aromatic N) is 2. The highest BCUT2D eigenvalue weighted by Gasteiger charge is 2.01. The minimum Gasteiger partial charge on any atom is -0.310 e. The van der Waals surface area contributed by atoms with Gasteiger partial charge in [0.15, 0.2) is 0 Å². The Bertz CT molecular complexity index is 500. The molecule has 0 atom stereocenters. The van der Waals surface area contributed by atoms with Gasteiger partial charge in [-0.2, -0.15) is 5.10 Å². The lowest BCUT2D eigenvalue weighted by atomic mass is 10.1. The van der Waals surface area contributed by atoms with E-state index in [1.165, 1.54) is 16.7 Å². The largest absolute Gasteiger partial charge is 0.310 e. The highest BCUT2D eigenvalue weighted by Crippen LogP contribution is 2.07. The molecule has 1 aromatic carbocycles. The number of hydrogen-bond donors (Lipinski definition) is 1. The molecule has 3 nitrogen and oxygen atoms in total. The molecular weight excluding hydrogens is 222 g/mol. The second-order valence-corrected chi connectivity index (χ2v) is 5.07. The summed E-state index contributed by atoms with van der Waals surface area (Å²) >= 11 is 0. The van der Waals surface area contributed by atoms with E-state index in [1.54, 1.807) is 0 Å². The van der Waals surface area contributed by atoms with Crippen molar-refractivity contribution in [1.82, 2.24) is 15.1 Å². The van der Waals surface area contributed by atoms with Crippen molar-refractivity contribution in [3.05, 3.63) is 53.3 Å². The van der Waals surface area contributed by atoms with Gasteiger partial charge in [0.05, 0.1) is 12.7 Å². The van der Waals surface area contributed by atoms with E-state index in [2.05, 4.69) is 61.6 Å². The summed E-state index contributed by atoms with van der Waals surface area (Å²) in [6.45, 7) is 8.13. The summed E-state index contributed by atoms with van der Waals surface area (Å²) in [7, 11) is 0. The van der Waals surface area contributed by atoms with Gasteiger partial charge in [-0.3, -0.25) is 4.68 Å². The number of aromatic nitrogens is 2. The van der Waals surface area contributed by atoms with Gasteiger partial charge in [0.2, 0.25) is 0 Å². The third-order valence-corrected chi connectivity index (χ3v) is 2.83. The molecule has 0 amide bonds. The number of aryl methyl sites for hydroxylation is 1. The third kappa shape index (κ3) is 3.70. The second-order valence-electron chi connectivity index (χ2n) is 5.07. The van der Waals surface area contributed by atoms with E-state index in [9.17, 15) is 0 Å². The van der Waals surface area contributed by atoms with Crippen LogP contribution >= 0.6 is 0 Å². The van der Waals surface area contributed by atoms with Crippen molar-refractivity contribution >= 4 is 0 Å². The lowest BCUT2D eigenvalue weighted by Crippen LogP contribution is -2.21. The zero-order chi connectivity index (χ0) is 13.0. The van der Waals surface area contributed by atoms with Crippen molar-refractivity contribution in [1.29, 1.82) is 0 Å². The van der Waals surface area contributed by atoms with Crippen LogP contribution in [0.1, 0.15) is 30.5 Å². The lowest BCUT2D eigenvalue weighted by Gasteiger charge is -2.05. The van der Waals surface area contributed by atoms with Crippen molar-refractivity contribution < 1.29 is 0 Å². The van der Waals surface area contributed by atoms with Crippen LogP contribution in [0.2, 0.25) is 0 Å². The average Bonchev–Trinajstić information content (AvgIpc) is 2.74. The molecule has 0 spiro atoms. The van der Waals surface area contributed by atoms with Crippen LogP contribution < -0.4 is 5.32 Å². The van der Waals surface area contributed by atoms with E-state index in [-0.39, 0.29) is 0 Å². The predicted octanol–water partition coefficient (Wildman–Crippen LogP) is 2.74. The van der Waals surface area contributed by atoms with Crippen LogP contribution in [-0.4, -0.2) is 15.8 Å². The summed E-state index contributed by atoms with van der Waals surface area (Å²) in [5.74, 6) is 0. The average molecular weight is 243 g/mol. The second kappa shape index (κ2) is 5.83. The van der Waals surface area contributed by atoms with Crippen LogP contribution in [0.4, 0.5) is 0 Å². The first-order chi connectivity index (χ1) is 8.63. The van der Waals surface area contributed by atoms with Crippen LogP contribution in [-0.2, 0) is 13.1 Å². The summed E-state index contributed by atoms with van der Waals surface area (Å²) in [5.41, 5.74) is 3.82. The predicted molar refractivity (Wildman–Crippen MR) is 74.5 cm³/mol. The van der Waals surface area contributed by atoms with E-state index in [0.717, 1.165) is 13.1 Å². The van der Waals surface area contributed by atoms with Gasteiger partial charge >= 0.3 is 0 Å². The number of rotatable bonds is 5. The molecule has 0 bridgehead atoms. The van der Waals surface area contributed by atoms with Gasteiger partial charge in [-0.25, -0.2) is 0 Å². The van der Waals surface area contributed by atoms with Crippen molar-refractivity contribution in [2.75, 3.05) is 0 Å². The first kappa shape index (κ1) is 12.8. The quantitative estimate of drug-likeness (QED) is 0.875. The first-order valence-corrected chi connectivity index (χ1v) is 6.44. The zero-order valence-corrected chi connectivity index (χ0v) is 11.4. The van der Waals surface area contributed by atoms with Crippen LogP contribution in [0.3, 0.4) is 0 Å². The molecule has 1 aromatic heterocycles.